The van der Waals surface area contributed by atoms with E-state index in [1.165, 1.54) is 17.2 Å². The van der Waals surface area contributed by atoms with Gasteiger partial charge in [-0.3, -0.25) is 14.9 Å². The highest BCUT2D eigenvalue weighted by Gasteiger charge is 2.22. The highest BCUT2D eigenvalue weighted by Crippen LogP contribution is 2.25. The minimum atomic E-state index is -0.381. The van der Waals surface area contributed by atoms with E-state index in [0.717, 1.165) is 10.6 Å². The van der Waals surface area contributed by atoms with E-state index in [-0.39, 0.29) is 16.5 Å². The van der Waals surface area contributed by atoms with E-state index in [0.29, 0.717) is 31.9 Å². The van der Waals surface area contributed by atoms with Gasteiger partial charge in [-0.15, -0.1) is 11.8 Å². The first-order valence-corrected chi connectivity index (χ1v) is 9.90. The lowest BCUT2D eigenvalue weighted by Gasteiger charge is -2.36. The lowest BCUT2D eigenvalue weighted by molar-refractivity contribution is -0.384. The Kier molecular flexibility index (Phi) is 6.01. The first-order chi connectivity index (χ1) is 12.9. The lowest BCUT2D eigenvalue weighted by Crippen LogP contribution is -2.49. The SMILES string of the molecule is Cc1ccc(C)c(SCC(=O)N2CCN(c3cccc([N+](=O)[O-])c3)CC2)c1. The number of hydrogen-bond acceptors (Lipinski definition) is 5. The highest BCUT2D eigenvalue weighted by molar-refractivity contribution is 8.00. The van der Waals surface area contributed by atoms with E-state index in [2.05, 4.69) is 36.9 Å². The van der Waals surface area contributed by atoms with Gasteiger partial charge in [0.05, 0.1) is 10.7 Å². The quantitative estimate of drug-likeness (QED) is 0.446. The van der Waals surface area contributed by atoms with Crippen LogP contribution in [0.2, 0.25) is 0 Å². The Morgan fingerprint density at radius 2 is 1.85 bits per heavy atom. The first kappa shape index (κ1) is 19.2. The summed E-state index contributed by atoms with van der Waals surface area (Å²) < 4.78 is 0. The second-order valence-corrected chi connectivity index (χ2v) is 7.72. The first-order valence-electron chi connectivity index (χ1n) is 8.91. The number of nitrogens with zero attached hydrogens (tertiary/aromatic N) is 3. The van der Waals surface area contributed by atoms with Gasteiger partial charge >= 0.3 is 0 Å². The molecule has 3 rings (SSSR count). The average Bonchev–Trinajstić information content (AvgIpc) is 2.68. The zero-order valence-corrected chi connectivity index (χ0v) is 16.4. The number of thioether (sulfide) groups is 1. The van der Waals surface area contributed by atoms with Gasteiger partial charge in [-0.2, -0.15) is 0 Å². The summed E-state index contributed by atoms with van der Waals surface area (Å²) in [6.45, 7) is 6.74. The van der Waals surface area contributed by atoms with Crippen molar-refractivity contribution < 1.29 is 9.72 Å². The van der Waals surface area contributed by atoms with Gasteiger partial charge in [-0.05, 0) is 31.5 Å². The van der Waals surface area contributed by atoms with Crippen LogP contribution in [0.4, 0.5) is 11.4 Å². The lowest BCUT2D eigenvalue weighted by atomic mass is 10.2. The fourth-order valence-electron chi connectivity index (χ4n) is 3.11. The van der Waals surface area contributed by atoms with Crippen molar-refractivity contribution in [2.75, 3.05) is 36.8 Å². The van der Waals surface area contributed by atoms with Crippen LogP contribution >= 0.6 is 11.8 Å². The maximum atomic E-state index is 12.6. The smallest absolute Gasteiger partial charge is 0.271 e. The number of amides is 1. The molecule has 1 aliphatic rings. The number of hydrogen-bond donors (Lipinski definition) is 0. The topological polar surface area (TPSA) is 66.7 Å². The van der Waals surface area contributed by atoms with Crippen molar-refractivity contribution in [1.82, 2.24) is 4.90 Å². The zero-order valence-electron chi connectivity index (χ0n) is 15.6. The highest BCUT2D eigenvalue weighted by atomic mass is 32.2. The van der Waals surface area contributed by atoms with Crippen molar-refractivity contribution in [3.8, 4) is 0 Å². The van der Waals surface area contributed by atoms with Crippen LogP contribution in [-0.2, 0) is 4.79 Å². The normalized spacial score (nSPS) is 14.3. The van der Waals surface area contributed by atoms with Crippen molar-refractivity contribution in [3.63, 3.8) is 0 Å². The molecule has 1 fully saturated rings. The molecule has 1 aliphatic heterocycles. The molecule has 0 aromatic heterocycles. The third kappa shape index (κ3) is 4.80. The second kappa shape index (κ2) is 8.43. The Hall–Kier alpha value is -2.54. The van der Waals surface area contributed by atoms with Crippen LogP contribution in [0.3, 0.4) is 0 Å². The number of piperazine rings is 1. The molecule has 6 nitrogen and oxygen atoms in total. The number of carbonyl (C=O) groups is 1. The van der Waals surface area contributed by atoms with Crippen molar-refractivity contribution in [2.24, 2.45) is 0 Å². The third-order valence-corrected chi connectivity index (χ3v) is 5.87. The Morgan fingerprint density at radius 1 is 1.11 bits per heavy atom. The molecule has 2 aromatic rings. The number of aryl methyl sites for hydroxylation is 2. The predicted octanol–water partition coefficient (Wildman–Crippen LogP) is 3.65. The van der Waals surface area contributed by atoms with Gasteiger partial charge in [0, 0.05) is 48.9 Å². The molecule has 0 N–H and O–H groups in total. The molecule has 0 spiro atoms. The summed E-state index contributed by atoms with van der Waals surface area (Å²) >= 11 is 1.59. The number of non-ortho nitro benzene ring substituents is 1. The van der Waals surface area contributed by atoms with Crippen LogP contribution in [0.1, 0.15) is 11.1 Å². The van der Waals surface area contributed by atoms with E-state index in [1.807, 2.05) is 11.0 Å². The Labute approximate surface area is 163 Å². The number of anilines is 1. The maximum Gasteiger partial charge on any atom is 0.271 e. The van der Waals surface area contributed by atoms with Gasteiger partial charge in [-0.1, -0.05) is 23.8 Å². The fourth-order valence-corrected chi connectivity index (χ4v) is 4.14. The van der Waals surface area contributed by atoms with Gasteiger partial charge < -0.3 is 9.80 Å². The van der Waals surface area contributed by atoms with Crippen LogP contribution in [0.5, 0.6) is 0 Å². The number of nitro groups is 1. The minimum Gasteiger partial charge on any atom is -0.368 e. The van der Waals surface area contributed by atoms with Crippen LogP contribution in [-0.4, -0.2) is 47.7 Å². The van der Waals surface area contributed by atoms with E-state index >= 15 is 0 Å². The summed E-state index contributed by atoms with van der Waals surface area (Å²) in [5.74, 6) is 0.570. The van der Waals surface area contributed by atoms with Crippen molar-refractivity contribution in [2.45, 2.75) is 18.7 Å². The molecule has 142 valence electrons. The summed E-state index contributed by atoms with van der Waals surface area (Å²) in [7, 11) is 0. The number of rotatable bonds is 5. The molecule has 0 aliphatic carbocycles. The van der Waals surface area contributed by atoms with E-state index in [1.54, 1.807) is 23.9 Å². The summed E-state index contributed by atoms with van der Waals surface area (Å²) in [5.41, 5.74) is 3.31. The molecule has 0 atom stereocenters. The second-order valence-electron chi connectivity index (χ2n) is 6.70. The zero-order chi connectivity index (χ0) is 19.4. The van der Waals surface area contributed by atoms with Crippen LogP contribution in [0, 0.1) is 24.0 Å². The van der Waals surface area contributed by atoms with Crippen LogP contribution in [0.25, 0.3) is 0 Å². The monoisotopic (exact) mass is 385 g/mol. The minimum absolute atomic E-state index is 0.0935. The number of carbonyl (C=O) groups excluding carboxylic acids is 1. The Balaban J connectivity index is 1.54. The molecular formula is C20H23N3O3S. The third-order valence-electron chi connectivity index (χ3n) is 4.73. The van der Waals surface area contributed by atoms with Gasteiger partial charge in [0.15, 0.2) is 0 Å². The Bertz CT molecular complexity index is 848. The summed E-state index contributed by atoms with van der Waals surface area (Å²) in [6, 6.07) is 12.9. The largest absolute Gasteiger partial charge is 0.368 e. The molecule has 7 heteroatoms. The molecule has 0 unspecified atom stereocenters. The molecule has 0 saturated carbocycles. The molecular weight excluding hydrogens is 362 g/mol. The molecule has 2 aromatic carbocycles. The van der Waals surface area contributed by atoms with E-state index in [4.69, 9.17) is 0 Å². The number of benzene rings is 2. The van der Waals surface area contributed by atoms with Gasteiger partial charge in [0.1, 0.15) is 0 Å². The maximum absolute atomic E-state index is 12.6. The molecule has 1 amide bonds. The number of nitro benzene ring substituents is 1. The molecule has 1 saturated heterocycles. The fraction of sp³-hybridized carbons (Fsp3) is 0.350. The van der Waals surface area contributed by atoms with Crippen molar-refractivity contribution >= 4 is 29.0 Å². The van der Waals surface area contributed by atoms with E-state index in [9.17, 15) is 14.9 Å². The Morgan fingerprint density at radius 3 is 2.56 bits per heavy atom. The van der Waals surface area contributed by atoms with Gasteiger partial charge in [0.25, 0.3) is 5.69 Å². The summed E-state index contributed by atoms with van der Waals surface area (Å²) in [6.07, 6.45) is 0. The summed E-state index contributed by atoms with van der Waals surface area (Å²) in [5, 5.41) is 10.9. The standard InChI is InChI=1S/C20H23N3O3S/c1-15-6-7-16(2)19(12-15)27-14-20(24)22-10-8-21(9-11-22)17-4-3-5-18(13-17)23(25)26/h3-7,12-13H,8-11,14H2,1-2H3. The van der Waals surface area contributed by atoms with Gasteiger partial charge in [-0.25, -0.2) is 0 Å². The van der Waals surface area contributed by atoms with Crippen LogP contribution in [0.15, 0.2) is 47.4 Å². The predicted molar refractivity (Wildman–Crippen MR) is 109 cm³/mol. The van der Waals surface area contributed by atoms with Crippen molar-refractivity contribution in [3.05, 3.63) is 63.7 Å². The van der Waals surface area contributed by atoms with Crippen LogP contribution < -0.4 is 4.90 Å². The van der Waals surface area contributed by atoms with Crippen molar-refractivity contribution in [1.29, 1.82) is 0 Å². The molecule has 27 heavy (non-hydrogen) atoms. The van der Waals surface area contributed by atoms with Gasteiger partial charge in [0.2, 0.25) is 5.91 Å². The molecule has 0 radical (unpaired) electrons. The average molecular weight is 385 g/mol. The molecule has 1 heterocycles. The summed E-state index contributed by atoms with van der Waals surface area (Å²) in [4.78, 5) is 28.2. The van der Waals surface area contributed by atoms with E-state index < -0.39 is 0 Å². The molecule has 0 bridgehead atoms.